The van der Waals surface area contributed by atoms with Crippen LogP contribution in [0.15, 0.2) is 22.7 Å². The average Bonchev–Trinajstić information content (AvgIpc) is 2.27. The lowest BCUT2D eigenvalue weighted by Crippen LogP contribution is -2.52. The summed E-state index contributed by atoms with van der Waals surface area (Å²) in [6, 6.07) is 5.71. The zero-order chi connectivity index (χ0) is 14.6. The van der Waals surface area contributed by atoms with E-state index < -0.39 is 0 Å². The molecule has 19 heavy (non-hydrogen) atoms. The van der Waals surface area contributed by atoms with Crippen LogP contribution in [0.25, 0.3) is 0 Å². The van der Waals surface area contributed by atoms with E-state index in [4.69, 9.17) is 5.73 Å². The van der Waals surface area contributed by atoms with Crippen LogP contribution in [0, 0.1) is 12.8 Å². The number of carbonyl (C=O) groups is 1. The lowest BCUT2D eigenvalue weighted by Gasteiger charge is -2.31. The number of halogens is 1. The number of nitrogens with two attached hydrogens (primary N) is 1. The number of nitrogens with one attached hydrogen (secondary N) is 1. The molecule has 0 saturated heterocycles. The standard InChI is InChI=1S/C15H23BrN2O/c1-10(2)8-15(4,9-17)18-14(19)12-6-5-11(3)7-13(12)16/h5-7,10H,8-9,17H2,1-4H3,(H,18,19). The Hall–Kier alpha value is -0.870. The van der Waals surface area contributed by atoms with E-state index in [0.717, 1.165) is 16.5 Å². The fourth-order valence-electron chi connectivity index (χ4n) is 2.23. The predicted octanol–water partition coefficient (Wildman–Crippen LogP) is 3.25. The molecule has 0 aliphatic rings. The zero-order valence-electron chi connectivity index (χ0n) is 12.1. The van der Waals surface area contributed by atoms with Crippen LogP contribution in [-0.2, 0) is 0 Å². The highest BCUT2D eigenvalue weighted by Gasteiger charge is 2.26. The number of amides is 1. The van der Waals surface area contributed by atoms with Gasteiger partial charge in [0.05, 0.1) is 5.56 Å². The Morgan fingerprint density at radius 1 is 1.47 bits per heavy atom. The molecule has 0 radical (unpaired) electrons. The minimum Gasteiger partial charge on any atom is -0.346 e. The molecule has 1 rings (SSSR count). The van der Waals surface area contributed by atoms with E-state index in [0.29, 0.717) is 18.0 Å². The molecule has 106 valence electrons. The molecule has 1 aromatic rings. The summed E-state index contributed by atoms with van der Waals surface area (Å²) < 4.78 is 0.814. The molecule has 1 atom stereocenters. The van der Waals surface area contributed by atoms with Gasteiger partial charge in [0.1, 0.15) is 0 Å². The average molecular weight is 327 g/mol. The van der Waals surface area contributed by atoms with Crippen LogP contribution >= 0.6 is 15.9 Å². The number of hydrogen-bond donors (Lipinski definition) is 2. The Bertz CT molecular complexity index is 459. The van der Waals surface area contributed by atoms with E-state index in [1.165, 1.54) is 0 Å². The van der Waals surface area contributed by atoms with Crippen molar-refractivity contribution in [3.8, 4) is 0 Å². The van der Waals surface area contributed by atoms with E-state index in [1.54, 1.807) is 0 Å². The summed E-state index contributed by atoms with van der Waals surface area (Å²) in [4.78, 5) is 12.3. The van der Waals surface area contributed by atoms with Crippen molar-refractivity contribution in [3.05, 3.63) is 33.8 Å². The molecule has 0 aliphatic heterocycles. The zero-order valence-corrected chi connectivity index (χ0v) is 13.7. The fraction of sp³-hybridized carbons (Fsp3) is 0.533. The van der Waals surface area contributed by atoms with Gasteiger partial charge in [0.15, 0.2) is 0 Å². The Balaban J connectivity index is 2.88. The second kappa shape index (κ2) is 6.53. The normalized spacial score (nSPS) is 14.3. The molecule has 1 amide bonds. The van der Waals surface area contributed by atoms with E-state index in [-0.39, 0.29) is 11.4 Å². The van der Waals surface area contributed by atoms with Crippen LogP contribution in [0.2, 0.25) is 0 Å². The molecule has 0 spiro atoms. The first-order chi connectivity index (χ1) is 8.77. The van der Waals surface area contributed by atoms with Gasteiger partial charge in [-0.3, -0.25) is 4.79 Å². The quantitative estimate of drug-likeness (QED) is 0.872. The van der Waals surface area contributed by atoms with Gasteiger partial charge in [-0.25, -0.2) is 0 Å². The lowest BCUT2D eigenvalue weighted by atomic mass is 9.90. The second-order valence-corrected chi connectivity index (χ2v) is 6.65. The van der Waals surface area contributed by atoms with E-state index in [2.05, 4.69) is 35.1 Å². The van der Waals surface area contributed by atoms with Crippen molar-refractivity contribution in [3.63, 3.8) is 0 Å². The van der Waals surface area contributed by atoms with Gasteiger partial charge >= 0.3 is 0 Å². The van der Waals surface area contributed by atoms with Crippen LogP contribution in [0.5, 0.6) is 0 Å². The van der Waals surface area contributed by atoms with E-state index in [1.807, 2.05) is 32.0 Å². The number of aryl methyl sites for hydroxylation is 1. The molecule has 0 aromatic heterocycles. The minimum absolute atomic E-state index is 0.0829. The van der Waals surface area contributed by atoms with Gasteiger partial charge in [0, 0.05) is 16.6 Å². The maximum atomic E-state index is 12.3. The Morgan fingerprint density at radius 3 is 2.58 bits per heavy atom. The van der Waals surface area contributed by atoms with Gasteiger partial charge in [-0.15, -0.1) is 0 Å². The summed E-state index contributed by atoms with van der Waals surface area (Å²) in [5.41, 5.74) is 7.22. The number of carbonyl (C=O) groups excluding carboxylic acids is 1. The third-order valence-electron chi connectivity index (χ3n) is 3.09. The van der Waals surface area contributed by atoms with Crippen LogP contribution < -0.4 is 11.1 Å². The highest BCUT2D eigenvalue weighted by atomic mass is 79.9. The van der Waals surface area contributed by atoms with E-state index >= 15 is 0 Å². The monoisotopic (exact) mass is 326 g/mol. The first-order valence-electron chi connectivity index (χ1n) is 6.56. The van der Waals surface area contributed by atoms with Gasteiger partial charge in [-0.05, 0) is 59.8 Å². The first-order valence-corrected chi connectivity index (χ1v) is 7.35. The highest BCUT2D eigenvalue weighted by Crippen LogP contribution is 2.21. The van der Waals surface area contributed by atoms with E-state index in [9.17, 15) is 4.79 Å². The van der Waals surface area contributed by atoms with Gasteiger partial charge in [0.2, 0.25) is 0 Å². The molecule has 3 nitrogen and oxygen atoms in total. The fourth-order valence-corrected chi connectivity index (χ4v) is 2.91. The van der Waals surface area contributed by atoms with Crippen molar-refractivity contribution in [2.75, 3.05) is 6.54 Å². The van der Waals surface area contributed by atoms with Crippen LogP contribution in [0.1, 0.15) is 43.1 Å². The smallest absolute Gasteiger partial charge is 0.252 e. The molecular weight excluding hydrogens is 304 g/mol. The second-order valence-electron chi connectivity index (χ2n) is 5.80. The largest absolute Gasteiger partial charge is 0.346 e. The Labute approximate surface area is 124 Å². The van der Waals surface area contributed by atoms with Gasteiger partial charge in [0.25, 0.3) is 5.91 Å². The summed E-state index contributed by atoms with van der Waals surface area (Å²) in [5, 5.41) is 3.06. The summed E-state index contributed by atoms with van der Waals surface area (Å²) in [6.07, 6.45) is 0.860. The van der Waals surface area contributed by atoms with Crippen molar-refractivity contribution in [2.45, 2.75) is 39.7 Å². The molecule has 3 N–H and O–H groups in total. The van der Waals surface area contributed by atoms with Crippen molar-refractivity contribution in [1.29, 1.82) is 0 Å². The molecule has 4 heteroatoms. The Morgan fingerprint density at radius 2 is 2.11 bits per heavy atom. The van der Waals surface area contributed by atoms with Gasteiger partial charge in [-0.2, -0.15) is 0 Å². The molecule has 1 aromatic carbocycles. The number of hydrogen-bond acceptors (Lipinski definition) is 2. The first kappa shape index (κ1) is 16.2. The summed E-state index contributed by atoms with van der Waals surface area (Å²) in [5.74, 6) is 0.399. The van der Waals surface area contributed by atoms with Gasteiger partial charge < -0.3 is 11.1 Å². The molecule has 0 fully saturated rings. The van der Waals surface area contributed by atoms with Crippen LogP contribution in [-0.4, -0.2) is 18.0 Å². The van der Waals surface area contributed by atoms with Crippen molar-refractivity contribution in [1.82, 2.24) is 5.32 Å². The minimum atomic E-state index is -0.365. The number of rotatable bonds is 5. The SMILES string of the molecule is Cc1ccc(C(=O)NC(C)(CN)CC(C)C)c(Br)c1. The van der Waals surface area contributed by atoms with Gasteiger partial charge in [-0.1, -0.05) is 19.9 Å². The molecule has 0 heterocycles. The molecule has 0 bridgehead atoms. The molecule has 1 unspecified atom stereocenters. The van der Waals surface area contributed by atoms with Crippen LogP contribution in [0.4, 0.5) is 0 Å². The maximum Gasteiger partial charge on any atom is 0.252 e. The van der Waals surface area contributed by atoms with Crippen molar-refractivity contribution in [2.24, 2.45) is 11.7 Å². The third-order valence-corrected chi connectivity index (χ3v) is 3.75. The third kappa shape index (κ3) is 4.62. The summed E-state index contributed by atoms with van der Waals surface area (Å²) >= 11 is 3.44. The lowest BCUT2D eigenvalue weighted by molar-refractivity contribution is 0.0897. The van der Waals surface area contributed by atoms with Crippen LogP contribution in [0.3, 0.4) is 0 Å². The number of benzene rings is 1. The summed E-state index contributed by atoms with van der Waals surface area (Å²) in [7, 11) is 0. The van der Waals surface area contributed by atoms with Crippen molar-refractivity contribution >= 4 is 21.8 Å². The van der Waals surface area contributed by atoms with Crippen molar-refractivity contribution < 1.29 is 4.79 Å². The topological polar surface area (TPSA) is 55.1 Å². The maximum absolute atomic E-state index is 12.3. The Kier molecular flexibility index (Phi) is 5.56. The molecular formula is C15H23BrN2O. The predicted molar refractivity (Wildman–Crippen MR) is 83.3 cm³/mol. The highest BCUT2D eigenvalue weighted by molar-refractivity contribution is 9.10. The summed E-state index contributed by atoms with van der Waals surface area (Å²) in [6.45, 7) is 8.67. The molecule has 0 saturated carbocycles. The molecule has 0 aliphatic carbocycles.